The molecule has 0 N–H and O–H groups in total. The van der Waals surface area contributed by atoms with Gasteiger partial charge < -0.3 is 14.4 Å². The number of ketones is 1. The van der Waals surface area contributed by atoms with Crippen molar-refractivity contribution in [3.63, 3.8) is 0 Å². The zero-order valence-corrected chi connectivity index (χ0v) is 15.2. The summed E-state index contributed by atoms with van der Waals surface area (Å²) < 4.78 is 11.3. The van der Waals surface area contributed by atoms with Crippen molar-refractivity contribution in [3.8, 4) is 11.5 Å². The lowest BCUT2D eigenvalue weighted by Crippen LogP contribution is -2.40. The van der Waals surface area contributed by atoms with Gasteiger partial charge in [-0.05, 0) is 31.0 Å². The number of carbonyl (C=O) groups is 2. The third-order valence-electron chi connectivity index (χ3n) is 5.21. The Hall–Kier alpha value is -2.82. The van der Waals surface area contributed by atoms with Crippen LogP contribution in [0.4, 0.5) is 0 Å². The molecule has 0 atom stereocenters. The Morgan fingerprint density at radius 2 is 1.56 bits per heavy atom. The highest BCUT2D eigenvalue weighted by molar-refractivity contribution is 5.98. The molecule has 5 heteroatoms. The van der Waals surface area contributed by atoms with Gasteiger partial charge in [-0.2, -0.15) is 0 Å². The lowest BCUT2D eigenvalue weighted by atomic mass is 9.88. The fourth-order valence-electron chi connectivity index (χ4n) is 3.66. The summed E-state index contributed by atoms with van der Waals surface area (Å²) in [5.41, 5.74) is 1.36. The predicted octanol–water partition coefficient (Wildman–Crippen LogP) is 3.58. The van der Waals surface area contributed by atoms with Crippen molar-refractivity contribution in [2.45, 2.75) is 19.3 Å². The van der Waals surface area contributed by atoms with E-state index in [2.05, 4.69) is 0 Å². The molecule has 0 aromatic heterocycles. The molecule has 4 rings (SSSR count). The Morgan fingerprint density at radius 1 is 0.852 bits per heavy atom. The van der Waals surface area contributed by atoms with E-state index in [4.69, 9.17) is 9.47 Å². The normalized spacial score (nSPS) is 17.3. The van der Waals surface area contributed by atoms with Crippen LogP contribution in [0.25, 0.3) is 0 Å². The van der Waals surface area contributed by atoms with E-state index in [9.17, 15) is 9.59 Å². The first-order valence-corrected chi connectivity index (χ1v) is 9.50. The number of piperidine rings is 1. The Morgan fingerprint density at radius 3 is 2.30 bits per heavy atom. The van der Waals surface area contributed by atoms with E-state index in [1.807, 2.05) is 35.2 Å². The Kier molecular flexibility index (Phi) is 5.10. The summed E-state index contributed by atoms with van der Waals surface area (Å²) in [6.07, 6.45) is 2.23. The molecule has 1 saturated heterocycles. The largest absolute Gasteiger partial charge is 0.490 e. The summed E-state index contributed by atoms with van der Waals surface area (Å²) in [6, 6.07) is 14.8. The molecule has 5 nitrogen and oxygen atoms in total. The number of ether oxygens (including phenoxy) is 2. The predicted molar refractivity (Wildman–Crippen MR) is 101 cm³/mol. The van der Waals surface area contributed by atoms with Crippen LogP contribution in [0.2, 0.25) is 0 Å². The number of amides is 1. The zero-order valence-electron chi connectivity index (χ0n) is 15.2. The van der Waals surface area contributed by atoms with Crippen LogP contribution in [0.3, 0.4) is 0 Å². The van der Waals surface area contributed by atoms with Crippen molar-refractivity contribution in [3.05, 3.63) is 59.7 Å². The molecule has 2 aromatic rings. The Labute approximate surface area is 158 Å². The monoisotopic (exact) mass is 365 g/mol. The van der Waals surface area contributed by atoms with E-state index in [1.165, 1.54) is 0 Å². The molecule has 2 aromatic carbocycles. The first-order valence-electron chi connectivity index (χ1n) is 9.50. The number of rotatable bonds is 3. The minimum Gasteiger partial charge on any atom is -0.490 e. The average molecular weight is 365 g/mol. The Bertz CT molecular complexity index is 825. The summed E-state index contributed by atoms with van der Waals surface area (Å²) in [5, 5.41) is 0. The van der Waals surface area contributed by atoms with Gasteiger partial charge in [-0.25, -0.2) is 0 Å². The van der Waals surface area contributed by atoms with Crippen molar-refractivity contribution >= 4 is 11.7 Å². The minimum absolute atomic E-state index is 0.0137. The first-order chi connectivity index (χ1) is 13.2. The number of likely N-dealkylation sites (tertiary alicyclic amines) is 1. The first kappa shape index (κ1) is 17.6. The van der Waals surface area contributed by atoms with Gasteiger partial charge in [0.2, 0.25) is 0 Å². The third kappa shape index (κ3) is 3.82. The zero-order chi connectivity index (χ0) is 18.6. The van der Waals surface area contributed by atoms with Gasteiger partial charge in [-0.3, -0.25) is 9.59 Å². The van der Waals surface area contributed by atoms with Crippen LogP contribution in [0, 0.1) is 5.92 Å². The molecule has 0 aliphatic carbocycles. The van der Waals surface area contributed by atoms with Crippen LogP contribution in [-0.4, -0.2) is 42.9 Å². The van der Waals surface area contributed by atoms with Crippen LogP contribution in [0.1, 0.15) is 40.0 Å². The highest BCUT2D eigenvalue weighted by atomic mass is 16.5. The van der Waals surface area contributed by atoms with E-state index in [1.54, 1.807) is 18.2 Å². The maximum Gasteiger partial charge on any atom is 0.253 e. The topological polar surface area (TPSA) is 55.8 Å². The minimum atomic E-state index is -0.0174. The SMILES string of the molecule is O=C(c1ccccc1)C1CCN(C(=O)c2ccc3c(c2)OCCCO3)CC1. The number of fused-ring (bicyclic) bond motifs is 1. The van der Waals surface area contributed by atoms with Gasteiger partial charge in [0.05, 0.1) is 13.2 Å². The number of nitrogens with zero attached hydrogens (tertiary/aromatic N) is 1. The van der Waals surface area contributed by atoms with Gasteiger partial charge >= 0.3 is 0 Å². The van der Waals surface area contributed by atoms with Crippen molar-refractivity contribution in [2.75, 3.05) is 26.3 Å². The number of hydrogen-bond donors (Lipinski definition) is 0. The molecule has 1 amide bonds. The summed E-state index contributed by atoms with van der Waals surface area (Å²) in [7, 11) is 0. The van der Waals surface area contributed by atoms with Gasteiger partial charge in [-0.1, -0.05) is 30.3 Å². The molecule has 2 heterocycles. The average Bonchev–Trinajstić information content (AvgIpc) is 2.98. The fraction of sp³-hybridized carbons (Fsp3) is 0.364. The third-order valence-corrected chi connectivity index (χ3v) is 5.21. The van der Waals surface area contributed by atoms with Crippen molar-refractivity contribution in [2.24, 2.45) is 5.92 Å². The van der Waals surface area contributed by atoms with Gasteiger partial charge in [0.25, 0.3) is 5.91 Å². The molecule has 2 aliphatic rings. The van der Waals surface area contributed by atoms with Crippen LogP contribution in [0.15, 0.2) is 48.5 Å². The molecule has 2 aliphatic heterocycles. The van der Waals surface area contributed by atoms with Gasteiger partial charge in [0, 0.05) is 36.6 Å². The highest BCUT2D eigenvalue weighted by Gasteiger charge is 2.28. The fourth-order valence-corrected chi connectivity index (χ4v) is 3.66. The molecule has 27 heavy (non-hydrogen) atoms. The quantitative estimate of drug-likeness (QED) is 0.780. The van der Waals surface area contributed by atoms with Gasteiger partial charge in [-0.15, -0.1) is 0 Å². The van der Waals surface area contributed by atoms with Gasteiger partial charge in [0.15, 0.2) is 17.3 Å². The lowest BCUT2D eigenvalue weighted by Gasteiger charge is -2.31. The molecule has 0 spiro atoms. The molecule has 0 radical (unpaired) electrons. The second kappa shape index (κ2) is 7.82. The molecule has 0 saturated carbocycles. The molecule has 1 fully saturated rings. The number of benzene rings is 2. The molecule has 140 valence electrons. The number of carbonyl (C=O) groups excluding carboxylic acids is 2. The summed E-state index contributed by atoms with van der Waals surface area (Å²) >= 11 is 0. The van der Waals surface area contributed by atoms with Crippen LogP contribution >= 0.6 is 0 Å². The second-order valence-corrected chi connectivity index (χ2v) is 7.01. The number of Topliss-reactive ketones (excluding diaryl/α,β-unsaturated/α-hetero) is 1. The van der Waals surface area contributed by atoms with Gasteiger partial charge in [0.1, 0.15) is 0 Å². The van der Waals surface area contributed by atoms with E-state index < -0.39 is 0 Å². The second-order valence-electron chi connectivity index (χ2n) is 7.01. The van der Waals surface area contributed by atoms with Crippen LogP contribution in [-0.2, 0) is 0 Å². The van der Waals surface area contributed by atoms with Crippen molar-refractivity contribution < 1.29 is 19.1 Å². The summed E-state index contributed by atoms with van der Waals surface area (Å²) in [6.45, 7) is 2.41. The highest BCUT2D eigenvalue weighted by Crippen LogP contribution is 2.31. The van der Waals surface area contributed by atoms with Crippen LogP contribution < -0.4 is 9.47 Å². The molecule has 0 bridgehead atoms. The maximum absolute atomic E-state index is 12.9. The van der Waals surface area contributed by atoms with E-state index >= 15 is 0 Å². The summed E-state index contributed by atoms with van der Waals surface area (Å²) in [5.74, 6) is 1.47. The van der Waals surface area contributed by atoms with E-state index in [0.717, 1.165) is 12.0 Å². The molecular formula is C22H23NO4. The summed E-state index contributed by atoms with van der Waals surface area (Å²) in [4.78, 5) is 27.3. The van der Waals surface area contributed by atoms with E-state index in [0.29, 0.717) is 56.2 Å². The van der Waals surface area contributed by atoms with Crippen LogP contribution in [0.5, 0.6) is 11.5 Å². The maximum atomic E-state index is 12.9. The smallest absolute Gasteiger partial charge is 0.253 e. The van der Waals surface area contributed by atoms with Crippen molar-refractivity contribution in [1.29, 1.82) is 0 Å². The molecular weight excluding hydrogens is 342 g/mol. The van der Waals surface area contributed by atoms with E-state index in [-0.39, 0.29) is 17.6 Å². The van der Waals surface area contributed by atoms with Crippen molar-refractivity contribution in [1.82, 2.24) is 4.90 Å². The Balaban J connectivity index is 1.40. The number of hydrogen-bond acceptors (Lipinski definition) is 4. The standard InChI is InChI=1S/C22H23NO4/c24-21(16-5-2-1-3-6-16)17-9-11-23(12-10-17)22(25)18-7-8-19-20(15-18)27-14-4-13-26-19/h1-3,5-8,15,17H,4,9-14H2. The lowest BCUT2D eigenvalue weighted by molar-refractivity contribution is 0.0650. The molecule has 0 unspecified atom stereocenters.